The topological polar surface area (TPSA) is 59.2 Å². The number of Topliss-reactive ketones (excluding diaryl/α,β-unsaturated/α-hetero) is 1. The highest BCUT2D eigenvalue weighted by Crippen LogP contribution is 2.18. The number of aromatic amines is 1. The molecule has 1 aromatic carbocycles. The lowest BCUT2D eigenvalue weighted by atomic mass is 10.1. The zero-order valence-corrected chi connectivity index (χ0v) is 10.4. The number of esters is 1. The number of fused-ring (bicyclic) bond motifs is 1. The molecule has 2 rings (SSSR count). The lowest BCUT2D eigenvalue weighted by Gasteiger charge is -2.09. The molecule has 4 heteroatoms. The molecule has 2 aromatic rings. The third kappa shape index (κ3) is 2.59. The number of aromatic nitrogens is 1. The van der Waals surface area contributed by atoms with E-state index < -0.39 is 6.10 Å². The largest absolute Gasteiger partial charge is 0.454 e. The standard InChI is InChI=1S/C14H15NO3/c1-9(16)10(2)18-14(17)7-11-8-15-13-6-4-3-5-12(11)13/h3-6,8,10,15H,7H2,1-2H3. The summed E-state index contributed by atoms with van der Waals surface area (Å²) in [6, 6.07) is 7.74. The Kier molecular flexibility index (Phi) is 3.46. The van der Waals surface area contributed by atoms with Gasteiger partial charge in [0.15, 0.2) is 11.9 Å². The number of nitrogens with one attached hydrogen (secondary N) is 1. The summed E-state index contributed by atoms with van der Waals surface area (Å²) in [7, 11) is 0. The zero-order valence-electron chi connectivity index (χ0n) is 10.4. The minimum Gasteiger partial charge on any atom is -0.454 e. The van der Waals surface area contributed by atoms with Crippen LogP contribution in [0.4, 0.5) is 0 Å². The van der Waals surface area contributed by atoms with Crippen molar-refractivity contribution in [2.75, 3.05) is 0 Å². The van der Waals surface area contributed by atoms with Crippen molar-refractivity contribution in [1.82, 2.24) is 4.98 Å². The number of carbonyl (C=O) groups is 2. The fraction of sp³-hybridized carbons (Fsp3) is 0.286. The van der Waals surface area contributed by atoms with Gasteiger partial charge in [0.25, 0.3) is 0 Å². The van der Waals surface area contributed by atoms with Crippen LogP contribution in [0.2, 0.25) is 0 Å². The number of para-hydroxylation sites is 1. The van der Waals surface area contributed by atoms with E-state index in [9.17, 15) is 9.59 Å². The second-order valence-corrected chi connectivity index (χ2v) is 4.28. The second kappa shape index (κ2) is 5.04. The van der Waals surface area contributed by atoms with Crippen LogP contribution in [0.3, 0.4) is 0 Å². The van der Waals surface area contributed by atoms with Crippen LogP contribution in [0.15, 0.2) is 30.5 Å². The first-order valence-corrected chi connectivity index (χ1v) is 5.83. The third-order valence-electron chi connectivity index (χ3n) is 2.89. The van der Waals surface area contributed by atoms with Gasteiger partial charge in [-0.2, -0.15) is 0 Å². The molecule has 0 radical (unpaired) electrons. The van der Waals surface area contributed by atoms with Crippen molar-refractivity contribution in [1.29, 1.82) is 0 Å². The molecule has 1 unspecified atom stereocenters. The number of benzene rings is 1. The SMILES string of the molecule is CC(=O)C(C)OC(=O)Cc1c[nH]c2ccccc12. The maximum atomic E-state index is 11.7. The quantitative estimate of drug-likeness (QED) is 0.840. The van der Waals surface area contributed by atoms with Crippen molar-refractivity contribution in [3.63, 3.8) is 0 Å². The molecule has 0 aliphatic heterocycles. The summed E-state index contributed by atoms with van der Waals surface area (Å²) >= 11 is 0. The van der Waals surface area contributed by atoms with Crippen molar-refractivity contribution in [3.8, 4) is 0 Å². The van der Waals surface area contributed by atoms with Gasteiger partial charge in [-0.15, -0.1) is 0 Å². The molecule has 1 atom stereocenters. The van der Waals surface area contributed by atoms with E-state index in [0.29, 0.717) is 0 Å². The average Bonchev–Trinajstić information content (AvgIpc) is 2.72. The monoisotopic (exact) mass is 245 g/mol. The Morgan fingerprint density at radius 2 is 2.06 bits per heavy atom. The highest BCUT2D eigenvalue weighted by atomic mass is 16.5. The van der Waals surface area contributed by atoms with Crippen molar-refractivity contribution in [2.45, 2.75) is 26.4 Å². The van der Waals surface area contributed by atoms with Gasteiger partial charge in [-0.05, 0) is 25.5 Å². The normalized spacial score (nSPS) is 12.3. The molecule has 0 saturated heterocycles. The molecule has 0 fully saturated rings. The van der Waals surface area contributed by atoms with Crippen LogP contribution in [-0.2, 0) is 20.7 Å². The van der Waals surface area contributed by atoms with E-state index in [-0.39, 0.29) is 18.2 Å². The fourth-order valence-electron chi connectivity index (χ4n) is 1.76. The number of ketones is 1. The molecule has 0 amide bonds. The lowest BCUT2D eigenvalue weighted by Crippen LogP contribution is -2.22. The number of hydrogen-bond acceptors (Lipinski definition) is 3. The zero-order chi connectivity index (χ0) is 13.1. The molecule has 0 saturated carbocycles. The number of ether oxygens (including phenoxy) is 1. The Hall–Kier alpha value is -2.10. The van der Waals surface area contributed by atoms with E-state index >= 15 is 0 Å². The predicted octanol–water partition coefficient (Wildman–Crippen LogP) is 2.23. The molecular weight excluding hydrogens is 230 g/mol. The maximum Gasteiger partial charge on any atom is 0.311 e. The molecule has 18 heavy (non-hydrogen) atoms. The molecule has 0 aliphatic rings. The first kappa shape index (κ1) is 12.4. The molecular formula is C14H15NO3. The van der Waals surface area contributed by atoms with Gasteiger partial charge >= 0.3 is 5.97 Å². The first-order valence-electron chi connectivity index (χ1n) is 5.83. The van der Waals surface area contributed by atoms with Crippen molar-refractivity contribution >= 4 is 22.7 Å². The van der Waals surface area contributed by atoms with E-state index in [1.54, 1.807) is 13.1 Å². The molecule has 0 bridgehead atoms. The van der Waals surface area contributed by atoms with Crippen LogP contribution in [0, 0.1) is 0 Å². The van der Waals surface area contributed by atoms with Gasteiger partial charge in [0.05, 0.1) is 6.42 Å². The Morgan fingerprint density at radius 1 is 1.33 bits per heavy atom. The second-order valence-electron chi connectivity index (χ2n) is 4.28. The summed E-state index contributed by atoms with van der Waals surface area (Å²) in [5, 5.41) is 1.00. The smallest absolute Gasteiger partial charge is 0.311 e. The number of carbonyl (C=O) groups excluding carboxylic acids is 2. The third-order valence-corrected chi connectivity index (χ3v) is 2.89. The van der Waals surface area contributed by atoms with E-state index in [2.05, 4.69) is 4.98 Å². The van der Waals surface area contributed by atoms with Gasteiger partial charge in [-0.25, -0.2) is 0 Å². The summed E-state index contributed by atoms with van der Waals surface area (Å²) in [4.78, 5) is 25.8. The summed E-state index contributed by atoms with van der Waals surface area (Å²) in [6.45, 7) is 2.99. The molecule has 1 heterocycles. The Bertz CT molecular complexity index is 585. The van der Waals surface area contributed by atoms with Crippen LogP contribution in [0.5, 0.6) is 0 Å². The molecule has 0 aliphatic carbocycles. The van der Waals surface area contributed by atoms with Crippen molar-refractivity contribution in [3.05, 3.63) is 36.0 Å². The average molecular weight is 245 g/mol. The number of H-pyrrole nitrogens is 1. The van der Waals surface area contributed by atoms with Gasteiger partial charge in [0.2, 0.25) is 0 Å². The van der Waals surface area contributed by atoms with Gasteiger partial charge in [0.1, 0.15) is 0 Å². The maximum absolute atomic E-state index is 11.7. The Balaban J connectivity index is 2.10. The van der Waals surface area contributed by atoms with E-state index in [1.807, 2.05) is 24.3 Å². The van der Waals surface area contributed by atoms with E-state index in [1.165, 1.54) is 6.92 Å². The molecule has 94 valence electrons. The van der Waals surface area contributed by atoms with Crippen molar-refractivity contribution in [2.24, 2.45) is 0 Å². The summed E-state index contributed by atoms with van der Waals surface area (Å²) in [5.41, 5.74) is 1.87. The summed E-state index contributed by atoms with van der Waals surface area (Å²) in [6.07, 6.45) is 1.29. The van der Waals surface area contributed by atoms with Crippen molar-refractivity contribution < 1.29 is 14.3 Å². The molecule has 0 spiro atoms. The molecule has 1 N–H and O–H groups in total. The van der Waals surface area contributed by atoms with Crippen LogP contribution in [-0.4, -0.2) is 22.8 Å². The molecule has 4 nitrogen and oxygen atoms in total. The van der Waals surface area contributed by atoms with E-state index in [0.717, 1.165) is 16.5 Å². The summed E-state index contributed by atoms with van der Waals surface area (Å²) in [5.74, 6) is -0.537. The minimum absolute atomic E-state index is 0.151. The van der Waals surface area contributed by atoms with Gasteiger partial charge < -0.3 is 9.72 Å². The summed E-state index contributed by atoms with van der Waals surface area (Å²) < 4.78 is 5.03. The van der Waals surface area contributed by atoms with Crippen LogP contribution in [0.25, 0.3) is 10.9 Å². The highest BCUT2D eigenvalue weighted by Gasteiger charge is 2.15. The number of rotatable bonds is 4. The number of hydrogen-bond donors (Lipinski definition) is 1. The van der Waals surface area contributed by atoms with Crippen LogP contribution < -0.4 is 0 Å². The molecule has 1 aromatic heterocycles. The highest BCUT2D eigenvalue weighted by molar-refractivity contribution is 5.88. The first-order chi connectivity index (χ1) is 8.58. The Labute approximate surface area is 105 Å². The predicted molar refractivity (Wildman–Crippen MR) is 68.2 cm³/mol. The van der Waals surface area contributed by atoms with Crippen LogP contribution >= 0.6 is 0 Å². The van der Waals surface area contributed by atoms with Gasteiger partial charge in [-0.3, -0.25) is 9.59 Å². The van der Waals surface area contributed by atoms with Gasteiger partial charge in [0, 0.05) is 17.1 Å². The fourth-order valence-corrected chi connectivity index (χ4v) is 1.76. The minimum atomic E-state index is -0.678. The van der Waals surface area contributed by atoms with Crippen LogP contribution in [0.1, 0.15) is 19.4 Å². The van der Waals surface area contributed by atoms with Gasteiger partial charge in [-0.1, -0.05) is 18.2 Å². The Morgan fingerprint density at radius 3 is 2.78 bits per heavy atom. The lowest BCUT2D eigenvalue weighted by molar-refractivity contribution is -0.152. The van der Waals surface area contributed by atoms with E-state index in [4.69, 9.17) is 4.74 Å².